The van der Waals surface area contributed by atoms with Crippen LogP contribution in [-0.2, 0) is 9.53 Å². The van der Waals surface area contributed by atoms with Crippen molar-refractivity contribution in [2.24, 2.45) is 0 Å². The molecule has 1 aromatic rings. The van der Waals surface area contributed by atoms with E-state index in [0.717, 1.165) is 10.0 Å². The van der Waals surface area contributed by atoms with Crippen LogP contribution in [0.3, 0.4) is 0 Å². The summed E-state index contributed by atoms with van der Waals surface area (Å²) in [6, 6.07) is 7.45. The number of rotatable bonds is 3. The van der Waals surface area contributed by atoms with Crippen molar-refractivity contribution in [3.05, 3.63) is 58.3 Å². The molecule has 0 saturated carbocycles. The van der Waals surface area contributed by atoms with Gasteiger partial charge in [0.05, 0.1) is 6.10 Å². The van der Waals surface area contributed by atoms with Crippen LogP contribution in [0.5, 0.6) is 0 Å². The highest BCUT2D eigenvalue weighted by Gasteiger charge is 2.11. The van der Waals surface area contributed by atoms with E-state index < -0.39 is 6.10 Å². The van der Waals surface area contributed by atoms with Crippen LogP contribution < -0.4 is 0 Å². The maximum atomic E-state index is 10.8. The van der Waals surface area contributed by atoms with Gasteiger partial charge >= 0.3 is 5.97 Å². The predicted octanol–water partition coefficient (Wildman–Crippen LogP) is 2.87. The molecule has 0 radical (unpaired) electrons. The average molecular weight is 295 g/mol. The first-order valence-electron chi connectivity index (χ1n) is 5.19. The van der Waals surface area contributed by atoms with Crippen LogP contribution in [0.2, 0.25) is 0 Å². The van der Waals surface area contributed by atoms with Crippen LogP contribution >= 0.6 is 15.9 Å². The van der Waals surface area contributed by atoms with Gasteiger partial charge in [0.15, 0.2) is 0 Å². The third kappa shape index (κ3) is 3.28. The van der Waals surface area contributed by atoms with E-state index in [1.54, 1.807) is 12.2 Å². The number of hydrogen-bond acceptors (Lipinski definition) is 3. The van der Waals surface area contributed by atoms with Gasteiger partial charge in [-0.25, -0.2) is 4.79 Å². The quantitative estimate of drug-likeness (QED) is 0.872. The summed E-state index contributed by atoms with van der Waals surface area (Å²) in [5, 5.41) is 9.91. The van der Waals surface area contributed by atoms with Gasteiger partial charge in [-0.15, -0.1) is 0 Å². The lowest BCUT2D eigenvalue weighted by Gasteiger charge is -2.08. The van der Waals surface area contributed by atoms with Crippen molar-refractivity contribution in [2.75, 3.05) is 0 Å². The first kappa shape index (κ1) is 12.1. The molecule has 1 heterocycles. The fourth-order valence-corrected chi connectivity index (χ4v) is 1.76. The lowest BCUT2D eigenvalue weighted by Crippen LogP contribution is -1.96. The second-order valence-electron chi connectivity index (χ2n) is 3.66. The minimum absolute atomic E-state index is 0.366. The lowest BCUT2D eigenvalue weighted by atomic mass is 10.1. The molecule has 3 nitrogen and oxygen atoms in total. The predicted molar refractivity (Wildman–Crippen MR) is 67.0 cm³/mol. The third-order valence-corrected chi connectivity index (χ3v) is 2.93. The zero-order valence-corrected chi connectivity index (χ0v) is 10.6. The Labute approximate surface area is 108 Å². The normalized spacial score (nSPS) is 18.5. The first-order chi connectivity index (χ1) is 8.15. The molecular formula is C13H11BrO3. The molecule has 4 heteroatoms. The van der Waals surface area contributed by atoms with E-state index in [4.69, 9.17) is 4.74 Å². The molecule has 0 fully saturated rings. The third-order valence-electron chi connectivity index (χ3n) is 2.40. The van der Waals surface area contributed by atoms with Crippen LogP contribution in [0.25, 0.3) is 0 Å². The van der Waals surface area contributed by atoms with Crippen molar-refractivity contribution in [1.29, 1.82) is 0 Å². The van der Waals surface area contributed by atoms with Crippen molar-refractivity contribution in [3.63, 3.8) is 0 Å². The number of allylic oxidation sites excluding steroid dienone is 1. The van der Waals surface area contributed by atoms with Gasteiger partial charge in [-0.2, -0.15) is 0 Å². The molecule has 1 aliphatic rings. The summed E-state index contributed by atoms with van der Waals surface area (Å²) in [6.07, 6.45) is 4.47. The number of aliphatic hydroxyl groups excluding tert-OH is 1. The van der Waals surface area contributed by atoms with Crippen molar-refractivity contribution < 1.29 is 14.6 Å². The van der Waals surface area contributed by atoms with Crippen LogP contribution in [0.1, 0.15) is 18.1 Å². The molecule has 0 aromatic heterocycles. The Hall–Kier alpha value is -1.39. The van der Waals surface area contributed by atoms with Gasteiger partial charge in [0.2, 0.25) is 0 Å². The second-order valence-corrected chi connectivity index (χ2v) is 4.58. The number of cyclic esters (lactones) is 1. The molecule has 0 bridgehead atoms. The SMILES string of the molecule is O=C1C=C/C(=C/C[C@@H](O)c2ccc(Br)cc2)O1. The number of halogens is 1. The Kier molecular flexibility index (Phi) is 3.76. The van der Waals surface area contributed by atoms with Crippen LogP contribution in [-0.4, -0.2) is 11.1 Å². The van der Waals surface area contributed by atoms with E-state index in [2.05, 4.69) is 15.9 Å². The van der Waals surface area contributed by atoms with Gasteiger partial charge in [-0.1, -0.05) is 28.1 Å². The summed E-state index contributed by atoms with van der Waals surface area (Å²) < 4.78 is 5.83. The minimum Gasteiger partial charge on any atom is -0.424 e. The molecule has 2 rings (SSSR count). The highest BCUT2D eigenvalue weighted by molar-refractivity contribution is 9.10. The van der Waals surface area contributed by atoms with Crippen molar-refractivity contribution >= 4 is 21.9 Å². The number of ether oxygens (including phenoxy) is 1. The maximum Gasteiger partial charge on any atom is 0.336 e. The van der Waals surface area contributed by atoms with E-state index in [1.165, 1.54) is 6.08 Å². The van der Waals surface area contributed by atoms with E-state index >= 15 is 0 Å². The standard InChI is InChI=1S/C13H11BrO3/c14-10-3-1-9(2-4-10)12(15)7-5-11-6-8-13(16)17-11/h1-6,8,12,15H,7H2/b11-5-/t12-/m1/s1. The minimum atomic E-state index is -0.594. The molecule has 1 atom stereocenters. The van der Waals surface area contributed by atoms with E-state index in [0.29, 0.717) is 12.2 Å². The fourth-order valence-electron chi connectivity index (χ4n) is 1.49. The van der Waals surface area contributed by atoms with Gasteiger partial charge in [0.1, 0.15) is 5.76 Å². The summed E-state index contributed by atoms with van der Waals surface area (Å²) in [7, 11) is 0. The Morgan fingerprint density at radius 1 is 1.29 bits per heavy atom. The largest absolute Gasteiger partial charge is 0.424 e. The molecule has 0 amide bonds. The van der Waals surface area contributed by atoms with Crippen LogP contribution in [0, 0.1) is 0 Å². The Balaban J connectivity index is 1.98. The van der Waals surface area contributed by atoms with Crippen LogP contribution in [0.15, 0.2) is 52.7 Å². The topological polar surface area (TPSA) is 46.5 Å². The number of esters is 1. The first-order valence-corrected chi connectivity index (χ1v) is 5.98. The molecule has 0 unspecified atom stereocenters. The number of carbonyl (C=O) groups is 1. The maximum absolute atomic E-state index is 10.8. The molecule has 1 aromatic carbocycles. The van der Waals surface area contributed by atoms with E-state index in [9.17, 15) is 9.90 Å². The highest BCUT2D eigenvalue weighted by atomic mass is 79.9. The van der Waals surface area contributed by atoms with Gasteiger partial charge in [-0.05, 0) is 36.3 Å². The van der Waals surface area contributed by atoms with Gasteiger partial charge < -0.3 is 9.84 Å². The Morgan fingerprint density at radius 2 is 2.00 bits per heavy atom. The summed E-state index contributed by atoms with van der Waals surface area (Å²) in [5.41, 5.74) is 0.832. The Morgan fingerprint density at radius 3 is 2.59 bits per heavy atom. The molecule has 0 aliphatic carbocycles. The molecule has 88 valence electrons. The summed E-state index contributed by atoms with van der Waals surface area (Å²) in [4.78, 5) is 10.8. The highest BCUT2D eigenvalue weighted by Crippen LogP contribution is 2.21. The fraction of sp³-hybridized carbons (Fsp3) is 0.154. The smallest absolute Gasteiger partial charge is 0.336 e. The summed E-state index contributed by atoms with van der Waals surface area (Å²) in [6.45, 7) is 0. The van der Waals surface area contributed by atoms with Crippen LogP contribution in [0.4, 0.5) is 0 Å². The zero-order valence-electron chi connectivity index (χ0n) is 8.97. The Bertz CT molecular complexity index is 474. The van der Waals surface area contributed by atoms with Crippen molar-refractivity contribution in [2.45, 2.75) is 12.5 Å². The average Bonchev–Trinajstić information content (AvgIpc) is 2.73. The van der Waals surface area contributed by atoms with Crippen molar-refractivity contribution in [1.82, 2.24) is 0 Å². The number of aliphatic hydroxyl groups is 1. The number of benzene rings is 1. The van der Waals surface area contributed by atoms with Gasteiger partial charge in [0.25, 0.3) is 0 Å². The van der Waals surface area contributed by atoms with Gasteiger partial charge in [-0.3, -0.25) is 0 Å². The van der Waals surface area contributed by atoms with Gasteiger partial charge in [0, 0.05) is 10.5 Å². The molecule has 0 spiro atoms. The molecule has 17 heavy (non-hydrogen) atoms. The zero-order chi connectivity index (χ0) is 12.3. The summed E-state index contributed by atoms with van der Waals surface area (Å²) >= 11 is 3.33. The van der Waals surface area contributed by atoms with E-state index in [-0.39, 0.29) is 5.97 Å². The lowest BCUT2D eigenvalue weighted by molar-refractivity contribution is -0.132. The molecule has 1 N–H and O–H groups in total. The van der Waals surface area contributed by atoms with E-state index in [1.807, 2.05) is 24.3 Å². The summed E-state index contributed by atoms with van der Waals surface area (Å²) in [5.74, 6) is 0.126. The molecule has 1 aliphatic heterocycles. The monoisotopic (exact) mass is 294 g/mol. The second kappa shape index (κ2) is 5.29. The van der Waals surface area contributed by atoms with Crippen molar-refractivity contribution in [3.8, 4) is 0 Å². The number of hydrogen-bond donors (Lipinski definition) is 1. The number of carbonyl (C=O) groups excluding carboxylic acids is 1. The molecule has 0 saturated heterocycles. The molecular weight excluding hydrogens is 284 g/mol.